The Morgan fingerprint density at radius 1 is 1.10 bits per heavy atom. The van der Waals surface area contributed by atoms with Crippen molar-refractivity contribution in [2.75, 3.05) is 6.61 Å². The number of aromatic hydroxyl groups is 1. The van der Waals surface area contributed by atoms with Gasteiger partial charge in [0.25, 0.3) is 0 Å². The summed E-state index contributed by atoms with van der Waals surface area (Å²) in [5, 5.41) is 19.3. The number of para-hydroxylation sites is 2. The van der Waals surface area contributed by atoms with E-state index in [9.17, 15) is 9.90 Å². The summed E-state index contributed by atoms with van der Waals surface area (Å²) in [6.45, 7) is 8.83. The van der Waals surface area contributed by atoms with E-state index >= 15 is 0 Å². The second kappa shape index (κ2) is 9.11. The van der Waals surface area contributed by atoms with Gasteiger partial charge in [-0.2, -0.15) is 0 Å². The molecule has 0 atom stereocenters. The number of nitrogens with zero attached hydrogens (tertiary/aromatic N) is 3. The molecule has 1 heterocycles. The number of hydrogen-bond donors (Lipinski definition) is 1. The standard InChI is InChI=1S/C24H29N3O3/c1-5-6-15-27-19-13-9-7-11-17(19)22(23(27)29)26-25-21(28)16-30-20-14-10-8-12-18(20)24(2,3)4/h7-14,29H,5-6,15-16H2,1-4H3. The lowest BCUT2D eigenvalue weighted by Crippen LogP contribution is -2.15. The zero-order valence-electron chi connectivity index (χ0n) is 18.1. The normalized spacial score (nSPS) is 12.0. The molecule has 0 spiro atoms. The van der Waals surface area contributed by atoms with Gasteiger partial charge in [-0.05, 0) is 29.5 Å². The molecule has 6 nitrogen and oxygen atoms in total. The molecule has 1 N–H and O–H groups in total. The summed E-state index contributed by atoms with van der Waals surface area (Å²) < 4.78 is 7.53. The summed E-state index contributed by atoms with van der Waals surface area (Å²) in [7, 11) is 0. The number of amides is 1. The van der Waals surface area contributed by atoms with E-state index in [-0.39, 0.29) is 17.9 Å². The molecule has 3 rings (SSSR count). The van der Waals surface area contributed by atoms with E-state index in [1.165, 1.54) is 0 Å². The van der Waals surface area contributed by atoms with Gasteiger partial charge in [0.05, 0.1) is 5.52 Å². The number of azo groups is 1. The van der Waals surface area contributed by atoms with E-state index in [0.717, 1.165) is 29.3 Å². The first-order valence-electron chi connectivity index (χ1n) is 10.3. The molecule has 158 valence electrons. The fourth-order valence-electron chi connectivity index (χ4n) is 3.40. The van der Waals surface area contributed by atoms with Crippen molar-refractivity contribution in [3.8, 4) is 11.6 Å². The maximum absolute atomic E-state index is 12.3. The van der Waals surface area contributed by atoms with Crippen LogP contribution in [0.5, 0.6) is 11.6 Å². The summed E-state index contributed by atoms with van der Waals surface area (Å²) in [6, 6.07) is 15.2. The molecule has 6 heteroatoms. The molecular weight excluding hydrogens is 378 g/mol. The van der Waals surface area contributed by atoms with Crippen molar-refractivity contribution in [2.45, 2.75) is 52.5 Å². The van der Waals surface area contributed by atoms with Crippen LogP contribution in [0.4, 0.5) is 5.69 Å². The van der Waals surface area contributed by atoms with Crippen LogP contribution in [0.3, 0.4) is 0 Å². The first kappa shape index (κ1) is 21.6. The zero-order valence-corrected chi connectivity index (χ0v) is 18.1. The van der Waals surface area contributed by atoms with Crippen molar-refractivity contribution in [1.82, 2.24) is 4.57 Å². The summed E-state index contributed by atoms with van der Waals surface area (Å²) in [4.78, 5) is 12.3. The number of aromatic nitrogens is 1. The van der Waals surface area contributed by atoms with Crippen LogP contribution in [0.25, 0.3) is 10.9 Å². The minimum absolute atomic E-state index is 0.0280. The summed E-state index contributed by atoms with van der Waals surface area (Å²) in [5.74, 6) is 0.177. The number of unbranched alkanes of at least 4 members (excludes halogenated alkanes) is 1. The molecule has 3 aromatic rings. The van der Waals surface area contributed by atoms with Gasteiger partial charge in [0.1, 0.15) is 5.75 Å². The predicted octanol–water partition coefficient (Wildman–Crippen LogP) is 6.13. The van der Waals surface area contributed by atoms with Crippen molar-refractivity contribution in [3.05, 3.63) is 54.1 Å². The second-order valence-electron chi connectivity index (χ2n) is 8.32. The van der Waals surface area contributed by atoms with Gasteiger partial charge in [-0.15, -0.1) is 10.2 Å². The average molecular weight is 408 g/mol. The number of carbonyl (C=O) groups is 1. The van der Waals surface area contributed by atoms with Crippen LogP contribution in [0.15, 0.2) is 58.8 Å². The largest absolute Gasteiger partial charge is 0.493 e. The Morgan fingerprint density at radius 2 is 1.80 bits per heavy atom. The van der Waals surface area contributed by atoms with Crippen LogP contribution in [0.1, 0.15) is 46.1 Å². The SMILES string of the molecule is CCCCn1c(O)c(N=NC(=O)COc2ccccc2C(C)(C)C)c2ccccc21. The van der Waals surface area contributed by atoms with Gasteiger partial charge < -0.3 is 14.4 Å². The van der Waals surface area contributed by atoms with Gasteiger partial charge in [0.15, 0.2) is 12.3 Å². The Balaban J connectivity index is 1.78. The molecule has 0 fully saturated rings. The highest BCUT2D eigenvalue weighted by Crippen LogP contribution is 2.39. The van der Waals surface area contributed by atoms with Crippen molar-refractivity contribution >= 4 is 22.5 Å². The van der Waals surface area contributed by atoms with Crippen molar-refractivity contribution in [1.29, 1.82) is 0 Å². The Kier molecular flexibility index (Phi) is 6.55. The van der Waals surface area contributed by atoms with Crippen molar-refractivity contribution in [2.24, 2.45) is 10.2 Å². The van der Waals surface area contributed by atoms with Gasteiger partial charge in [-0.1, -0.05) is 70.5 Å². The minimum Gasteiger partial charge on any atom is -0.493 e. The second-order valence-corrected chi connectivity index (χ2v) is 8.32. The van der Waals surface area contributed by atoms with Crippen LogP contribution in [0.2, 0.25) is 0 Å². The topological polar surface area (TPSA) is 76.2 Å². The highest BCUT2D eigenvalue weighted by molar-refractivity contribution is 5.95. The maximum Gasteiger partial charge on any atom is 0.302 e. The molecular formula is C24H29N3O3. The monoisotopic (exact) mass is 407 g/mol. The number of hydrogen-bond acceptors (Lipinski definition) is 4. The first-order valence-corrected chi connectivity index (χ1v) is 10.3. The molecule has 0 unspecified atom stereocenters. The molecule has 0 aliphatic heterocycles. The van der Waals surface area contributed by atoms with Gasteiger partial charge in [-0.25, -0.2) is 0 Å². The lowest BCUT2D eigenvalue weighted by Gasteiger charge is -2.22. The smallest absolute Gasteiger partial charge is 0.302 e. The van der Waals surface area contributed by atoms with Gasteiger partial charge in [0, 0.05) is 11.9 Å². The molecule has 0 radical (unpaired) electrons. The fraction of sp³-hybridized carbons (Fsp3) is 0.375. The molecule has 0 aliphatic rings. The molecule has 1 aromatic heterocycles. The van der Waals surface area contributed by atoms with Gasteiger partial charge in [-0.3, -0.25) is 4.79 Å². The summed E-state index contributed by atoms with van der Waals surface area (Å²) in [6.07, 6.45) is 1.94. The van der Waals surface area contributed by atoms with Crippen LogP contribution < -0.4 is 4.74 Å². The highest BCUT2D eigenvalue weighted by atomic mass is 16.5. The molecule has 0 bridgehead atoms. The number of fused-ring (bicyclic) bond motifs is 1. The molecule has 2 aromatic carbocycles. The third-order valence-corrected chi connectivity index (χ3v) is 4.96. The maximum atomic E-state index is 12.3. The highest BCUT2D eigenvalue weighted by Gasteiger charge is 2.19. The minimum atomic E-state index is -0.511. The van der Waals surface area contributed by atoms with E-state index in [1.54, 1.807) is 0 Å². The number of carbonyl (C=O) groups excluding carboxylic acids is 1. The third kappa shape index (κ3) is 4.70. The summed E-state index contributed by atoms with van der Waals surface area (Å²) in [5.41, 5.74) is 2.10. The van der Waals surface area contributed by atoms with E-state index < -0.39 is 5.91 Å². The Hall–Kier alpha value is -3.15. The Bertz CT molecular complexity index is 1060. The predicted molar refractivity (Wildman–Crippen MR) is 119 cm³/mol. The van der Waals surface area contributed by atoms with E-state index in [4.69, 9.17) is 4.74 Å². The Labute approximate surface area is 177 Å². The van der Waals surface area contributed by atoms with Gasteiger partial charge in [0.2, 0.25) is 5.88 Å². The van der Waals surface area contributed by atoms with E-state index in [2.05, 4.69) is 37.9 Å². The molecule has 0 saturated carbocycles. The lowest BCUT2D eigenvalue weighted by molar-refractivity contribution is -0.120. The van der Waals surface area contributed by atoms with Crippen LogP contribution in [-0.4, -0.2) is 22.2 Å². The van der Waals surface area contributed by atoms with Crippen molar-refractivity contribution < 1.29 is 14.6 Å². The quantitative estimate of drug-likeness (QED) is 0.478. The number of rotatable bonds is 7. The zero-order chi connectivity index (χ0) is 21.7. The third-order valence-electron chi connectivity index (χ3n) is 4.96. The van der Waals surface area contributed by atoms with Crippen LogP contribution in [-0.2, 0) is 16.8 Å². The number of ether oxygens (including phenoxy) is 1. The molecule has 0 aliphatic carbocycles. The van der Waals surface area contributed by atoms with Gasteiger partial charge >= 0.3 is 5.91 Å². The number of benzene rings is 2. The van der Waals surface area contributed by atoms with E-state index in [0.29, 0.717) is 18.0 Å². The molecule has 1 amide bonds. The average Bonchev–Trinajstić information content (AvgIpc) is 2.99. The lowest BCUT2D eigenvalue weighted by atomic mass is 9.86. The van der Waals surface area contributed by atoms with Crippen LogP contribution in [0, 0.1) is 0 Å². The Morgan fingerprint density at radius 3 is 2.53 bits per heavy atom. The van der Waals surface area contributed by atoms with Crippen LogP contribution >= 0.6 is 0 Å². The number of aryl methyl sites for hydroxylation is 1. The molecule has 0 saturated heterocycles. The first-order chi connectivity index (χ1) is 14.3. The summed E-state index contributed by atoms with van der Waals surface area (Å²) >= 11 is 0. The van der Waals surface area contributed by atoms with Crippen molar-refractivity contribution in [3.63, 3.8) is 0 Å². The molecule has 30 heavy (non-hydrogen) atoms. The fourth-order valence-corrected chi connectivity index (χ4v) is 3.40. The van der Waals surface area contributed by atoms with E-state index in [1.807, 2.05) is 53.1 Å².